The van der Waals surface area contributed by atoms with Gasteiger partial charge in [0.25, 0.3) is 5.69 Å². The number of aryl methyl sites for hydroxylation is 1. The van der Waals surface area contributed by atoms with E-state index in [0.717, 1.165) is 43.6 Å². The molecule has 31 heavy (non-hydrogen) atoms. The van der Waals surface area contributed by atoms with Crippen LogP contribution in [0.15, 0.2) is 36.4 Å². The van der Waals surface area contributed by atoms with E-state index in [0.29, 0.717) is 23.2 Å². The maximum atomic E-state index is 12.4. The number of carbonyl (C=O) groups excluding carboxylic acids is 1. The molecular formula is C23H25N5O3. The van der Waals surface area contributed by atoms with Gasteiger partial charge in [0.2, 0.25) is 5.91 Å². The highest BCUT2D eigenvalue weighted by atomic mass is 16.6. The van der Waals surface area contributed by atoms with Gasteiger partial charge in [0.15, 0.2) is 0 Å². The van der Waals surface area contributed by atoms with E-state index >= 15 is 0 Å². The predicted molar refractivity (Wildman–Crippen MR) is 118 cm³/mol. The third-order valence-electron chi connectivity index (χ3n) is 6.11. The smallest absolute Gasteiger partial charge is 0.272 e. The summed E-state index contributed by atoms with van der Waals surface area (Å²) in [6, 6.07) is 12.9. The maximum Gasteiger partial charge on any atom is 0.272 e. The lowest BCUT2D eigenvalue weighted by Gasteiger charge is -2.21. The number of nitrogens with zero attached hydrogens (tertiary/aromatic N) is 3. The van der Waals surface area contributed by atoms with Crippen LogP contribution in [-0.2, 0) is 4.79 Å². The van der Waals surface area contributed by atoms with Crippen LogP contribution in [0.25, 0.3) is 11.1 Å². The van der Waals surface area contributed by atoms with Gasteiger partial charge in [-0.3, -0.25) is 14.9 Å². The van der Waals surface area contributed by atoms with Crippen LogP contribution in [0.2, 0.25) is 0 Å². The first-order valence-electron chi connectivity index (χ1n) is 10.5. The van der Waals surface area contributed by atoms with Crippen molar-refractivity contribution in [3.05, 3.63) is 57.6 Å². The molecule has 1 amide bonds. The van der Waals surface area contributed by atoms with Crippen LogP contribution in [0, 0.1) is 28.4 Å². The fraction of sp³-hybridized carbons (Fsp3) is 0.391. The molecule has 4 rings (SSSR count). The number of benzene rings is 2. The van der Waals surface area contributed by atoms with Crippen LogP contribution in [0.3, 0.4) is 0 Å². The Morgan fingerprint density at radius 2 is 2.03 bits per heavy atom. The molecule has 0 saturated carbocycles. The number of nitrogens with one attached hydrogen (secondary N) is 2. The molecule has 0 aliphatic carbocycles. The minimum absolute atomic E-state index is 0.0564. The van der Waals surface area contributed by atoms with Gasteiger partial charge in [-0.05, 0) is 56.0 Å². The summed E-state index contributed by atoms with van der Waals surface area (Å²) in [5.41, 5.74) is 3.48. The van der Waals surface area contributed by atoms with E-state index in [4.69, 9.17) is 0 Å². The summed E-state index contributed by atoms with van der Waals surface area (Å²) < 4.78 is 0. The second-order valence-electron chi connectivity index (χ2n) is 8.19. The van der Waals surface area contributed by atoms with Crippen LogP contribution in [0.1, 0.15) is 30.4 Å². The number of hydrogen-bond acceptors (Lipinski definition) is 6. The lowest BCUT2D eigenvalue weighted by molar-refractivity contribution is -0.385. The average Bonchev–Trinajstić information content (AvgIpc) is 3.46. The molecular weight excluding hydrogens is 394 g/mol. The Kier molecular flexibility index (Phi) is 5.87. The molecule has 2 heterocycles. The van der Waals surface area contributed by atoms with Crippen LogP contribution in [0.4, 0.5) is 11.4 Å². The summed E-state index contributed by atoms with van der Waals surface area (Å²) in [5.74, 6) is 0.0566. The van der Waals surface area contributed by atoms with E-state index in [1.165, 1.54) is 0 Å². The number of nitro benzene ring substituents is 1. The minimum atomic E-state index is -0.391. The summed E-state index contributed by atoms with van der Waals surface area (Å²) in [5, 5.41) is 27.3. The molecule has 8 nitrogen and oxygen atoms in total. The van der Waals surface area contributed by atoms with Crippen molar-refractivity contribution < 1.29 is 9.72 Å². The topological polar surface area (TPSA) is 111 Å². The second kappa shape index (κ2) is 8.74. The highest BCUT2D eigenvalue weighted by Gasteiger charge is 2.29. The maximum absolute atomic E-state index is 12.4. The van der Waals surface area contributed by atoms with E-state index in [-0.39, 0.29) is 23.7 Å². The molecule has 0 aromatic heterocycles. The van der Waals surface area contributed by atoms with Crippen molar-refractivity contribution in [3.63, 3.8) is 0 Å². The molecule has 0 spiro atoms. The Morgan fingerprint density at radius 1 is 1.26 bits per heavy atom. The SMILES string of the molecule is Cc1ccc(-c2ccc(N3CC[C@H](NC(=O)[C@@H]4CCCN4)C3)c(C#N)c2)cc1[N+](=O)[O-]. The Balaban J connectivity index is 1.50. The highest BCUT2D eigenvalue weighted by Crippen LogP contribution is 2.32. The molecule has 0 radical (unpaired) electrons. The molecule has 0 unspecified atom stereocenters. The number of rotatable bonds is 5. The van der Waals surface area contributed by atoms with Gasteiger partial charge in [-0.15, -0.1) is 0 Å². The van der Waals surface area contributed by atoms with E-state index in [2.05, 4.69) is 21.6 Å². The molecule has 2 aliphatic rings. The quantitative estimate of drug-likeness (QED) is 0.569. The molecule has 8 heteroatoms. The van der Waals surface area contributed by atoms with Gasteiger partial charge in [-0.25, -0.2) is 0 Å². The molecule has 2 aromatic carbocycles. The summed E-state index contributed by atoms with van der Waals surface area (Å²) in [6.07, 6.45) is 2.73. The fourth-order valence-electron chi connectivity index (χ4n) is 4.37. The predicted octanol–water partition coefficient (Wildman–Crippen LogP) is 2.89. The van der Waals surface area contributed by atoms with E-state index in [1.807, 2.05) is 18.2 Å². The zero-order valence-corrected chi connectivity index (χ0v) is 17.4. The molecule has 2 aromatic rings. The molecule has 2 N–H and O–H groups in total. The largest absolute Gasteiger partial charge is 0.368 e. The molecule has 2 aliphatic heterocycles. The van der Waals surface area contributed by atoms with Crippen molar-refractivity contribution in [2.75, 3.05) is 24.5 Å². The van der Waals surface area contributed by atoms with Crippen molar-refractivity contribution in [1.29, 1.82) is 5.26 Å². The van der Waals surface area contributed by atoms with Gasteiger partial charge >= 0.3 is 0 Å². The number of nitriles is 1. The van der Waals surface area contributed by atoms with Crippen molar-refractivity contribution in [1.82, 2.24) is 10.6 Å². The van der Waals surface area contributed by atoms with Crippen LogP contribution in [-0.4, -0.2) is 42.5 Å². The zero-order chi connectivity index (χ0) is 22.0. The van der Waals surface area contributed by atoms with Gasteiger partial charge in [-0.2, -0.15) is 5.26 Å². The van der Waals surface area contributed by atoms with Gasteiger partial charge in [0, 0.05) is 30.8 Å². The Hall–Kier alpha value is -3.44. The normalized spacial score (nSPS) is 20.5. The van der Waals surface area contributed by atoms with Crippen LogP contribution < -0.4 is 15.5 Å². The van der Waals surface area contributed by atoms with Gasteiger partial charge in [0.05, 0.1) is 22.2 Å². The first kappa shape index (κ1) is 20.8. The minimum Gasteiger partial charge on any atom is -0.368 e. The number of carbonyl (C=O) groups is 1. The van der Waals surface area contributed by atoms with E-state index in [1.54, 1.807) is 25.1 Å². The standard InChI is InChI=1S/C23H25N5O3/c1-15-4-5-17(12-22(15)28(30)31)16-6-7-21(18(11-16)13-24)27-10-8-19(14-27)26-23(29)20-3-2-9-25-20/h4-7,11-12,19-20,25H,2-3,8-10,14H2,1H3,(H,26,29)/t19-,20-/m0/s1. The second-order valence-corrected chi connectivity index (χ2v) is 8.19. The van der Waals surface area contributed by atoms with Crippen LogP contribution in [0.5, 0.6) is 0 Å². The summed E-state index contributed by atoms with van der Waals surface area (Å²) >= 11 is 0. The molecule has 2 fully saturated rings. The van der Waals surface area contributed by atoms with Gasteiger partial charge in [-0.1, -0.05) is 18.2 Å². The average molecular weight is 419 g/mol. The summed E-state index contributed by atoms with van der Waals surface area (Å²) in [6.45, 7) is 4.00. The first-order valence-corrected chi connectivity index (χ1v) is 10.5. The lowest BCUT2D eigenvalue weighted by atomic mass is 10.00. The Bertz CT molecular complexity index is 1060. The highest BCUT2D eigenvalue weighted by molar-refractivity contribution is 5.82. The molecule has 160 valence electrons. The van der Waals surface area contributed by atoms with Crippen LogP contribution >= 0.6 is 0 Å². The Labute approximate surface area is 181 Å². The lowest BCUT2D eigenvalue weighted by Crippen LogP contribution is -2.46. The van der Waals surface area contributed by atoms with Gasteiger partial charge < -0.3 is 15.5 Å². The molecule has 0 bridgehead atoms. The summed E-state index contributed by atoms with van der Waals surface area (Å²) in [7, 11) is 0. The number of hydrogen-bond donors (Lipinski definition) is 2. The molecule has 2 saturated heterocycles. The summed E-state index contributed by atoms with van der Waals surface area (Å²) in [4.78, 5) is 25.4. The number of amides is 1. The third kappa shape index (κ3) is 4.37. The Morgan fingerprint density at radius 3 is 2.74 bits per heavy atom. The van der Waals surface area contributed by atoms with Crippen molar-refractivity contribution >= 4 is 17.3 Å². The monoisotopic (exact) mass is 419 g/mol. The van der Waals surface area contributed by atoms with Crippen molar-refractivity contribution in [2.24, 2.45) is 0 Å². The fourth-order valence-corrected chi connectivity index (χ4v) is 4.37. The first-order chi connectivity index (χ1) is 15.0. The van der Waals surface area contributed by atoms with E-state index in [9.17, 15) is 20.2 Å². The zero-order valence-electron chi connectivity index (χ0n) is 17.4. The molecule has 2 atom stereocenters. The van der Waals surface area contributed by atoms with Gasteiger partial charge in [0.1, 0.15) is 6.07 Å². The van der Waals surface area contributed by atoms with E-state index < -0.39 is 4.92 Å². The third-order valence-corrected chi connectivity index (χ3v) is 6.11. The number of nitro groups is 1. The van der Waals surface area contributed by atoms with Crippen molar-refractivity contribution in [3.8, 4) is 17.2 Å². The number of anilines is 1. The van der Waals surface area contributed by atoms with Crippen molar-refractivity contribution in [2.45, 2.75) is 38.3 Å².